The third-order valence-corrected chi connectivity index (χ3v) is 4.82. The quantitative estimate of drug-likeness (QED) is 0.765. The Kier molecular flexibility index (Phi) is 4.49. The second kappa shape index (κ2) is 7.08. The van der Waals surface area contributed by atoms with E-state index in [2.05, 4.69) is 23.2 Å². The largest absolute Gasteiger partial charge is 0.487 e. The van der Waals surface area contributed by atoms with Crippen LogP contribution in [0, 0.1) is 5.92 Å². The van der Waals surface area contributed by atoms with Gasteiger partial charge in [-0.2, -0.15) is 0 Å². The fraction of sp³-hybridized carbons (Fsp3) is 0.227. The van der Waals surface area contributed by atoms with E-state index < -0.39 is 6.10 Å². The van der Waals surface area contributed by atoms with E-state index in [9.17, 15) is 5.11 Å². The van der Waals surface area contributed by atoms with E-state index in [0.29, 0.717) is 6.61 Å². The van der Waals surface area contributed by atoms with Crippen molar-refractivity contribution < 1.29 is 9.84 Å². The number of hydrogen-bond acceptors (Lipinski definition) is 3. The number of aliphatic hydroxyl groups excluding tert-OH is 1. The molecule has 0 spiro atoms. The number of ether oxygens (including phenoxy) is 1. The van der Waals surface area contributed by atoms with Crippen molar-refractivity contribution in [3.8, 4) is 5.75 Å². The smallest absolute Gasteiger partial charge is 0.130 e. The van der Waals surface area contributed by atoms with Crippen LogP contribution in [0.2, 0.25) is 0 Å². The van der Waals surface area contributed by atoms with Crippen LogP contribution in [0.15, 0.2) is 72.9 Å². The predicted octanol–water partition coefficient (Wildman–Crippen LogP) is 4.11. The molecule has 1 N–H and O–H groups in total. The van der Waals surface area contributed by atoms with Crippen LogP contribution >= 0.6 is 0 Å². The van der Waals surface area contributed by atoms with Gasteiger partial charge in [0.05, 0.1) is 11.8 Å². The summed E-state index contributed by atoms with van der Waals surface area (Å²) in [6, 6.07) is 22.2. The molecule has 3 heteroatoms. The van der Waals surface area contributed by atoms with Crippen LogP contribution < -0.4 is 4.74 Å². The molecule has 0 fully saturated rings. The van der Waals surface area contributed by atoms with Crippen LogP contribution in [0.4, 0.5) is 0 Å². The number of aliphatic hydroxyl groups is 1. The van der Waals surface area contributed by atoms with Gasteiger partial charge in [0.15, 0.2) is 0 Å². The molecule has 1 aliphatic rings. The Morgan fingerprint density at radius 2 is 1.84 bits per heavy atom. The number of aromatic nitrogens is 1. The fourth-order valence-corrected chi connectivity index (χ4v) is 3.51. The van der Waals surface area contributed by atoms with Gasteiger partial charge >= 0.3 is 0 Å². The molecule has 0 saturated heterocycles. The normalized spacial score (nSPS) is 18.8. The zero-order valence-electron chi connectivity index (χ0n) is 14.0. The minimum atomic E-state index is -0.436. The van der Waals surface area contributed by atoms with Crippen LogP contribution in [-0.2, 0) is 19.4 Å². The molecule has 2 atom stereocenters. The average molecular weight is 331 g/mol. The van der Waals surface area contributed by atoms with Crippen LogP contribution in [0.5, 0.6) is 5.75 Å². The Hall–Kier alpha value is -2.65. The maximum Gasteiger partial charge on any atom is 0.130 e. The lowest BCUT2D eigenvalue weighted by Gasteiger charge is -2.15. The number of hydrogen-bond donors (Lipinski definition) is 1. The van der Waals surface area contributed by atoms with Crippen molar-refractivity contribution in [2.24, 2.45) is 5.92 Å². The second-order valence-corrected chi connectivity index (χ2v) is 6.57. The average Bonchev–Trinajstić information content (AvgIpc) is 2.97. The first kappa shape index (κ1) is 15.9. The van der Waals surface area contributed by atoms with Gasteiger partial charge in [-0.15, -0.1) is 0 Å². The van der Waals surface area contributed by atoms with E-state index in [-0.39, 0.29) is 5.92 Å². The van der Waals surface area contributed by atoms with Gasteiger partial charge in [-0.25, -0.2) is 0 Å². The highest BCUT2D eigenvalue weighted by molar-refractivity contribution is 5.41. The summed E-state index contributed by atoms with van der Waals surface area (Å²) in [7, 11) is 0. The summed E-state index contributed by atoms with van der Waals surface area (Å²) in [5.74, 6) is 1.01. The Balaban J connectivity index is 1.45. The molecule has 0 radical (unpaired) electrons. The third-order valence-electron chi connectivity index (χ3n) is 4.82. The third kappa shape index (κ3) is 3.57. The molecule has 25 heavy (non-hydrogen) atoms. The van der Waals surface area contributed by atoms with Gasteiger partial charge in [-0.3, -0.25) is 4.98 Å². The number of benzene rings is 2. The van der Waals surface area contributed by atoms with E-state index in [4.69, 9.17) is 4.74 Å². The Bertz CT molecular complexity index is 833. The lowest BCUT2D eigenvalue weighted by molar-refractivity contribution is 0.123. The van der Waals surface area contributed by atoms with Crippen molar-refractivity contribution in [3.05, 3.63) is 95.3 Å². The van der Waals surface area contributed by atoms with Gasteiger partial charge in [-0.1, -0.05) is 42.5 Å². The number of pyridine rings is 1. The molecule has 1 aliphatic carbocycles. The maximum atomic E-state index is 10.7. The SMILES string of the molecule is O[C@@H]1c2cc(OCc3ccccn3)ccc2C[C@H]1Cc1ccccc1. The first-order chi connectivity index (χ1) is 12.3. The van der Waals surface area contributed by atoms with Crippen LogP contribution in [0.1, 0.15) is 28.5 Å². The minimum Gasteiger partial charge on any atom is -0.487 e. The lowest BCUT2D eigenvalue weighted by Crippen LogP contribution is -2.10. The highest BCUT2D eigenvalue weighted by Gasteiger charge is 2.31. The van der Waals surface area contributed by atoms with Crippen molar-refractivity contribution in [2.75, 3.05) is 0 Å². The van der Waals surface area contributed by atoms with Crippen molar-refractivity contribution in [2.45, 2.75) is 25.6 Å². The molecular weight excluding hydrogens is 310 g/mol. The highest BCUT2D eigenvalue weighted by Crippen LogP contribution is 2.39. The van der Waals surface area contributed by atoms with Crippen LogP contribution in [-0.4, -0.2) is 10.1 Å². The Morgan fingerprint density at radius 3 is 2.64 bits per heavy atom. The summed E-state index contributed by atoms with van der Waals surface area (Å²) >= 11 is 0. The van der Waals surface area contributed by atoms with Crippen molar-refractivity contribution in [1.82, 2.24) is 4.98 Å². The topological polar surface area (TPSA) is 42.4 Å². The summed E-state index contributed by atoms with van der Waals surface area (Å²) in [5.41, 5.74) is 4.38. The molecule has 0 bridgehead atoms. The highest BCUT2D eigenvalue weighted by atomic mass is 16.5. The van der Waals surface area contributed by atoms with Gasteiger partial charge in [0, 0.05) is 6.20 Å². The first-order valence-electron chi connectivity index (χ1n) is 8.67. The molecule has 0 amide bonds. The van der Waals surface area contributed by atoms with Gasteiger partial charge in [-0.05, 0) is 59.7 Å². The van der Waals surface area contributed by atoms with E-state index in [1.54, 1.807) is 6.20 Å². The number of rotatable bonds is 5. The van der Waals surface area contributed by atoms with Gasteiger partial charge in [0.2, 0.25) is 0 Å². The minimum absolute atomic E-state index is 0.225. The zero-order valence-corrected chi connectivity index (χ0v) is 14.0. The standard InChI is InChI=1S/C22H21NO2/c24-22-18(12-16-6-2-1-3-7-16)13-17-9-10-20(14-21(17)22)25-15-19-8-4-5-11-23-19/h1-11,14,18,22,24H,12-13,15H2/t18-,22+/m1/s1. The molecule has 3 aromatic rings. The second-order valence-electron chi connectivity index (χ2n) is 6.57. The van der Waals surface area contributed by atoms with E-state index in [1.807, 2.05) is 48.5 Å². The van der Waals surface area contributed by atoms with Crippen LogP contribution in [0.3, 0.4) is 0 Å². The van der Waals surface area contributed by atoms with Gasteiger partial charge in [0.1, 0.15) is 12.4 Å². The molecule has 1 heterocycles. The van der Waals surface area contributed by atoms with E-state index >= 15 is 0 Å². The molecule has 1 aromatic heterocycles. The summed E-state index contributed by atoms with van der Waals surface area (Å²) in [5, 5.41) is 10.7. The zero-order chi connectivity index (χ0) is 17.1. The Labute approximate surface area is 147 Å². The van der Waals surface area contributed by atoms with Crippen molar-refractivity contribution in [3.63, 3.8) is 0 Å². The lowest BCUT2D eigenvalue weighted by atomic mass is 9.95. The molecule has 2 aromatic carbocycles. The van der Waals surface area contributed by atoms with E-state index in [1.165, 1.54) is 11.1 Å². The fourth-order valence-electron chi connectivity index (χ4n) is 3.51. The summed E-state index contributed by atoms with van der Waals surface area (Å²) in [6.45, 7) is 0.434. The van der Waals surface area contributed by atoms with Crippen LogP contribution in [0.25, 0.3) is 0 Å². The first-order valence-corrected chi connectivity index (χ1v) is 8.67. The predicted molar refractivity (Wildman–Crippen MR) is 97.3 cm³/mol. The Morgan fingerprint density at radius 1 is 1.00 bits per heavy atom. The molecule has 0 saturated carbocycles. The summed E-state index contributed by atoms with van der Waals surface area (Å²) < 4.78 is 5.85. The molecule has 3 nitrogen and oxygen atoms in total. The maximum absolute atomic E-state index is 10.7. The molecule has 4 rings (SSSR count). The monoisotopic (exact) mass is 331 g/mol. The summed E-state index contributed by atoms with van der Waals surface area (Å²) in [4.78, 5) is 4.27. The molecule has 126 valence electrons. The van der Waals surface area contributed by atoms with Gasteiger partial charge < -0.3 is 9.84 Å². The molecular formula is C22H21NO2. The van der Waals surface area contributed by atoms with Crippen molar-refractivity contribution >= 4 is 0 Å². The number of nitrogens with zero attached hydrogens (tertiary/aromatic N) is 1. The molecule has 0 unspecified atom stereocenters. The van der Waals surface area contributed by atoms with Gasteiger partial charge in [0.25, 0.3) is 0 Å². The van der Waals surface area contributed by atoms with E-state index in [0.717, 1.165) is 29.8 Å². The number of fused-ring (bicyclic) bond motifs is 1. The van der Waals surface area contributed by atoms with Crippen molar-refractivity contribution in [1.29, 1.82) is 0 Å². The summed E-state index contributed by atoms with van der Waals surface area (Å²) in [6.07, 6.45) is 3.13. The molecule has 0 aliphatic heterocycles.